The first-order valence-corrected chi connectivity index (χ1v) is 8.10. The Labute approximate surface area is 129 Å². The van der Waals surface area contributed by atoms with Gasteiger partial charge in [0.15, 0.2) is 0 Å². The lowest BCUT2D eigenvalue weighted by atomic mass is 10.1. The molecule has 21 heavy (non-hydrogen) atoms. The van der Waals surface area contributed by atoms with Gasteiger partial charge in [0.1, 0.15) is 12.1 Å². The van der Waals surface area contributed by atoms with Crippen LogP contribution in [0.25, 0.3) is 0 Å². The van der Waals surface area contributed by atoms with E-state index in [4.69, 9.17) is 4.74 Å². The Bertz CT molecular complexity index is 550. The summed E-state index contributed by atoms with van der Waals surface area (Å²) in [5, 5.41) is 12.5. The lowest BCUT2D eigenvalue weighted by Crippen LogP contribution is -2.47. The van der Waals surface area contributed by atoms with E-state index >= 15 is 0 Å². The van der Waals surface area contributed by atoms with Crippen LogP contribution in [0.15, 0.2) is 23.1 Å². The quantitative estimate of drug-likeness (QED) is 0.861. The molecule has 0 aromatic heterocycles. The minimum atomic E-state index is -0.368. The summed E-state index contributed by atoms with van der Waals surface area (Å²) in [4.78, 5) is 15.1. The van der Waals surface area contributed by atoms with E-state index in [0.717, 1.165) is 4.90 Å². The molecule has 1 fully saturated rings. The Morgan fingerprint density at radius 3 is 2.81 bits per heavy atom. The van der Waals surface area contributed by atoms with Crippen molar-refractivity contribution in [2.75, 3.05) is 37.9 Å². The summed E-state index contributed by atoms with van der Waals surface area (Å²) in [7, 11) is 0. The molecule has 0 spiro atoms. The molecule has 1 N–H and O–H groups in total. The van der Waals surface area contributed by atoms with Gasteiger partial charge in [0.2, 0.25) is 5.91 Å². The van der Waals surface area contributed by atoms with Crippen LogP contribution in [0.5, 0.6) is 0 Å². The van der Waals surface area contributed by atoms with Crippen molar-refractivity contribution in [2.45, 2.75) is 17.9 Å². The highest BCUT2D eigenvalue weighted by Crippen LogP contribution is 2.26. The monoisotopic (exact) mass is 305 g/mol. The van der Waals surface area contributed by atoms with Gasteiger partial charge in [-0.05, 0) is 25.3 Å². The second-order valence-corrected chi connectivity index (χ2v) is 5.65. The third kappa shape index (κ3) is 3.69. The Morgan fingerprint density at radius 2 is 2.19 bits per heavy atom. The Hall–Kier alpha value is -1.71. The zero-order valence-electron chi connectivity index (χ0n) is 12.3. The number of hydrogen-bond donors (Lipinski definition) is 1. The fourth-order valence-corrected chi connectivity index (χ4v) is 2.86. The molecule has 1 unspecified atom stereocenters. The average Bonchev–Trinajstić information content (AvgIpc) is 2.54. The fraction of sp³-hybridized carbons (Fsp3) is 0.467. The van der Waals surface area contributed by atoms with Gasteiger partial charge in [0.05, 0.1) is 24.5 Å². The van der Waals surface area contributed by atoms with Gasteiger partial charge in [-0.25, -0.2) is 0 Å². The van der Waals surface area contributed by atoms with Crippen molar-refractivity contribution in [1.82, 2.24) is 4.90 Å². The van der Waals surface area contributed by atoms with Gasteiger partial charge >= 0.3 is 0 Å². The molecule has 0 saturated carbocycles. The van der Waals surface area contributed by atoms with Crippen LogP contribution in [0.4, 0.5) is 5.69 Å². The number of anilines is 1. The zero-order chi connectivity index (χ0) is 15.2. The molecule has 112 valence electrons. The summed E-state index contributed by atoms with van der Waals surface area (Å²) in [6, 6.07) is 7.47. The molecular formula is C15H19N3O2S. The molecule has 0 aliphatic carbocycles. The largest absolute Gasteiger partial charge is 0.378 e. The topological polar surface area (TPSA) is 65.4 Å². The van der Waals surface area contributed by atoms with E-state index < -0.39 is 0 Å². The molecule has 1 aromatic carbocycles. The van der Waals surface area contributed by atoms with Crippen molar-refractivity contribution in [1.29, 1.82) is 5.26 Å². The number of nitrogens with one attached hydrogen (secondary N) is 1. The van der Waals surface area contributed by atoms with Crippen LogP contribution in [0.2, 0.25) is 0 Å². The third-order valence-corrected chi connectivity index (χ3v) is 4.20. The number of carbonyl (C=O) groups excluding carboxylic acids is 1. The Kier molecular flexibility index (Phi) is 5.48. The predicted molar refractivity (Wildman–Crippen MR) is 83.4 cm³/mol. The first-order chi connectivity index (χ1) is 10.2. The maximum atomic E-state index is 12.4. The number of ether oxygens (including phenoxy) is 1. The normalized spacial score (nSPS) is 16.1. The van der Waals surface area contributed by atoms with Crippen LogP contribution in [0.1, 0.15) is 12.5 Å². The van der Waals surface area contributed by atoms with Gasteiger partial charge in [-0.3, -0.25) is 4.79 Å². The Balaban J connectivity index is 2.10. The number of nitrogens with zero attached hydrogens (tertiary/aromatic N) is 2. The van der Waals surface area contributed by atoms with Crippen LogP contribution < -0.4 is 5.32 Å². The van der Waals surface area contributed by atoms with Crippen molar-refractivity contribution in [3.05, 3.63) is 23.8 Å². The first kappa shape index (κ1) is 15.7. The molecule has 6 heteroatoms. The summed E-state index contributed by atoms with van der Waals surface area (Å²) in [6.45, 7) is 4.25. The van der Waals surface area contributed by atoms with Gasteiger partial charge in [-0.1, -0.05) is 6.07 Å². The molecule has 1 aliphatic rings. The van der Waals surface area contributed by atoms with E-state index in [1.54, 1.807) is 4.90 Å². The van der Waals surface area contributed by atoms with Crippen LogP contribution in [0.3, 0.4) is 0 Å². The lowest BCUT2D eigenvalue weighted by molar-refractivity contribution is -0.135. The van der Waals surface area contributed by atoms with Gasteiger partial charge in [-0.2, -0.15) is 5.26 Å². The second-order valence-electron chi connectivity index (χ2n) is 4.80. The molecule has 0 bridgehead atoms. The van der Waals surface area contributed by atoms with E-state index in [1.807, 2.05) is 31.4 Å². The van der Waals surface area contributed by atoms with Gasteiger partial charge < -0.3 is 15.0 Å². The maximum Gasteiger partial charge on any atom is 0.244 e. The third-order valence-electron chi connectivity index (χ3n) is 3.42. The molecule has 1 heterocycles. The fourth-order valence-electron chi connectivity index (χ4n) is 2.29. The van der Waals surface area contributed by atoms with Gasteiger partial charge in [0.25, 0.3) is 0 Å². The Morgan fingerprint density at radius 1 is 1.48 bits per heavy atom. The molecule has 1 amide bonds. The van der Waals surface area contributed by atoms with Crippen molar-refractivity contribution in [3.8, 4) is 6.07 Å². The van der Waals surface area contributed by atoms with Gasteiger partial charge in [0, 0.05) is 18.0 Å². The summed E-state index contributed by atoms with van der Waals surface area (Å²) in [6.07, 6.45) is 1.93. The smallest absolute Gasteiger partial charge is 0.244 e. The van der Waals surface area contributed by atoms with E-state index in [0.29, 0.717) is 37.6 Å². The predicted octanol–water partition coefficient (Wildman–Crippen LogP) is 1.94. The first-order valence-electron chi connectivity index (χ1n) is 6.87. The summed E-state index contributed by atoms with van der Waals surface area (Å²) in [5.41, 5.74) is 1.30. The highest BCUT2D eigenvalue weighted by atomic mass is 32.2. The standard InChI is InChI=1S/C15H19N3O2S/c1-11(15(19)18-6-8-20-9-7-18)17-13-4-3-5-14(21-2)12(13)10-16/h3-5,11,17H,6-9H2,1-2H3. The van der Waals surface area contributed by atoms with E-state index in [9.17, 15) is 10.1 Å². The number of rotatable bonds is 4. The average molecular weight is 305 g/mol. The molecule has 1 atom stereocenters. The highest BCUT2D eigenvalue weighted by Gasteiger charge is 2.23. The van der Waals surface area contributed by atoms with Crippen LogP contribution in [0, 0.1) is 11.3 Å². The number of nitriles is 1. The molecule has 0 radical (unpaired) electrons. The summed E-state index contributed by atoms with van der Waals surface area (Å²) in [5.74, 6) is 0.0387. The van der Waals surface area contributed by atoms with Crippen molar-refractivity contribution >= 4 is 23.4 Å². The molecule has 1 aromatic rings. The van der Waals surface area contributed by atoms with Crippen molar-refractivity contribution < 1.29 is 9.53 Å². The molecule has 1 aliphatic heterocycles. The number of amides is 1. The molecule has 1 saturated heterocycles. The molecule has 5 nitrogen and oxygen atoms in total. The van der Waals surface area contributed by atoms with E-state index in [1.165, 1.54) is 11.8 Å². The van der Waals surface area contributed by atoms with E-state index in [-0.39, 0.29) is 11.9 Å². The zero-order valence-corrected chi connectivity index (χ0v) is 13.1. The molecular weight excluding hydrogens is 286 g/mol. The highest BCUT2D eigenvalue weighted by molar-refractivity contribution is 7.98. The van der Waals surface area contributed by atoms with Gasteiger partial charge in [-0.15, -0.1) is 11.8 Å². The maximum absolute atomic E-state index is 12.4. The number of thioether (sulfide) groups is 1. The van der Waals surface area contributed by atoms with Crippen molar-refractivity contribution in [3.63, 3.8) is 0 Å². The summed E-state index contributed by atoms with van der Waals surface area (Å²) >= 11 is 1.52. The second kappa shape index (κ2) is 7.34. The number of benzene rings is 1. The number of carbonyl (C=O) groups is 1. The summed E-state index contributed by atoms with van der Waals surface area (Å²) < 4.78 is 5.25. The van der Waals surface area contributed by atoms with E-state index in [2.05, 4.69) is 11.4 Å². The minimum absolute atomic E-state index is 0.0387. The SMILES string of the molecule is CSc1cccc(NC(C)C(=O)N2CCOCC2)c1C#N. The number of morpholine rings is 1. The van der Waals surface area contributed by atoms with Crippen LogP contribution in [-0.2, 0) is 9.53 Å². The molecule has 2 rings (SSSR count). The van der Waals surface area contributed by atoms with Crippen LogP contribution >= 0.6 is 11.8 Å². The van der Waals surface area contributed by atoms with Crippen LogP contribution in [-0.4, -0.2) is 49.4 Å². The van der Waals surface area contributed by atoms with Crippen molar-refractivity contribution in [2.24, 2.45) is 0 Å². The lowest BCUT2D eigenvalue weighted by Gasteiger charge is -2.30. The minimum Gasteiger partial charge on any atom is -0.378 e. The number of hydrogen-bond acceptors (Lipinski definition) is 5.